The third-order valence-corrected chi connectivity index (χ3v) is 5.14. The molecular weight excluding hydrogens is 370 g/mol. The van der Waals surface area contributed by atoms with Crippen LogP contribution in [0.4, 0.5) is 5.69 Å². The number of nitrogens with zero attached hydrogens (tertiary/aromatic N) is 3. The van der Waals surface area contributed by atoms with Crippen molar-refractivity contribution < 1.29 is 13.9 Å². The molecule has 1 aliphatic heterocycles. The largest absolute Gasteiger partial charge is 0.497 e. The van der Waals surface area contributed by atoms with Crippen LogP contribution in [0.5, 0.6) is 5.75 Å². The highest BCUT2D eigenvalue weighted by atomic mass is 16.5. The number of hydrogen-bond acceptors (Lipinski definition) is 5. The van der Waals surface area contributed by atoms with Crippen LogP contribution in [-0.4, -0.2) is 48.7 Å². The van der Waals surface area contributed by atoms with Crippen LogP contribution in [0.25, 0.3) is 11.3 Å². The van der Waals surface area contributed by atoms with Gasteiger partial charge in [-0.3, -0.25) is 9.36 Å². The summed E-state index contributed by atoms with van der Waals surface area (Å²) < 4.78 is 11.8. The fourth-order valence-corrected chi connectivity index (χ4v) is 3.47. The highest BCUT2D eigenvalue weighted by Gasteiger charge is 2.22. The number of rotatable bonds is 5. The van der Waals surface area contributed by atoms with Crippen molar-refractivity contribution in [1.82, 2.24) is 9.47 Å². The summed E-state index contributed by atoms with van der Waals surface area (Å²) in [5, 5.41) is 0. The van der Waals surface area contributed by atoms with E-state index in [1.807, 2.05) is 54.6 Å². The van der Waals surface area contributed by atoms with E-state index in [1.54, 1.807) is 18.2 Å². The Hall–Kier alpha value is -3.48. The molecule has 1 fully saturated rings. The fourth-order valence-electron chi connectivity index (χ4n) is 3.47. The van der Waals surface area contributed by atoms with Crippen LogP contribution in [0.1, 0.15) is 0 Å². The summed E-state index contributed by atoms with van der Waals surface area (Å²) in [5.41, 5.74) is 1.92. The second-order valence-corrected chi connectivity index (χ2v) is 6.92. The van der Waals surface area contributed by atoms with E-state index in [9.17, 15) is 9.59 Å². The highest BCUT2D eigenvalue weighted by Crippen LogP contribution is 2.21. The summed E-state index contributed by atoms with van der Waals surface area (Å²) in [5.74, 6) is 0.687. The van der Waals surface area contributed by atoms with Crippen LogP contribution in [0.2, 0.25) is 0 Å². The first kappa shape index (κ1) is 18.9. The molecule has 0 aliphatic carbocycles. The molecule has 1 saturated heterocycles. The van der Waals surface area contributed by atoms with Gasteiger partial charge in [0.2, 0.25) is 5.91 Å². The van der Waals surface area contributed by atoms with Gasteiger partial charge < -0.3 is 19.0 Å². The van der Waals surface area contributed by atoms with Crippen molar-refractivity contribution in [3.63, 3.8) is 0 Å². The minimum atomic E-state index is -0.519. The van der Waals surface area contributed by atoms with Crippen molar-refractivity contribution >= 4 is 11.6 Å². The number of hydrogen-bond donors (Lipinski definition) is 0. The van der Waals surface area contributed by atoms with E-state index in [4.69, 9.17) is 9.15 Å². The monoisotopic (exact) mass is 393 g/mol. The number of aromatic nitrogens is 1. The maximum absolute atomic E-state index is 12.7. The van der Waals surface area contributed by atoms with Crippen LogP contribution in [-0.2, 0) is 11.3 Å². The molecule has 2 aromatic carbocycles. The van der Waals surface area contributed by atoms with E-state index in [-0.39, 0.29) is 12.5 Å². The van der Waals surface area contributed by atoms with Crippen LogP contribution in [0.15, 0.2) is 70.0 Å². The summed E-state index contributed by atoms with van der Waals surface area (Å²) in [6.07, 6.45) is 1.60. The van der Waals surface area contributed by atoms with Gasteiger partial charge in [-0.1, -0.05) is 30.3 Å². The van der Waals surface area contributed by atoms with Crippen molar-refractivity contribution in [2.24, 2.45) is 0 Å². The van der Waals surface area contributed by atoms with Gasteiger partial charge in [0, 0.05) is 37.4 Å². The fraction of sp³-hybridized carbons (Fsp3) is 0.273. The molecule has 7 nitrogen and oxygen atoms in total. The highest BCUT2D eigenvalue weighted by molar-refractivity contribution is 5.76. The van der Waals surface area contributed by atoms with Gasteiger partial charge in [-0.05, 0) is 24.3 Å². The number of oxazole rings is 1. The number of amides is 1. The SMILES string of the molecule is COc1ccc(N2CCN(C(=O)Cn3cc(-c4ccccc4)oc3=O)CC2)cc1. The summed E-state index contributed by atoms with van der Waals surface area (Å²) in [6.45, 7) is 2.70. The van der Waals surface area contributed by atoms with Crippen molar-refractivity contribution in [3.05, 3.63) is 71.3 Å². The second kappa shape index (κ2) is 8.26. The molecule has 1 aliphatic rings. The zero-order valence-electron chi connectivity index (χ0n) is 16.3. The van der Waals surface area contributed by atoms with Gasteiger partial charge in [-0.2, -0.15) is 0 Å². The Morgan fingerprint density at radius 1 is 1.00 bits per heavy atom. The molecule has 1 amide bonds. The topological polar surface area (TPSA) is 67.9 Å². The lowest BCUT2D eigenvalue weighted by atomic mass is 10.2. The van der Waals surface area contributed by atoms with Gasteiger partial charge in [-0.25, -0.2) is 4.79 Å². The van der Waals surface area contributed by atoms with E-state index >= 15 is 0 Å². The summed E-state index contributed by atoms with van der Waals surface area (Å²) in [6, 6.07) is 17.3. The Labute approximate surface area is 168 Å². The van der Waals surface area contributed by atoms with Crippen LogP contribution < -0.4 is 15.4 Å². The maximum Gasteiger partial charge on any atom is 0.419 e. The molecule has 0 N–H and O–H groups in total. The van der Waals surface area contributed by atoms with E-state index in [1.165, 1.54) is 4.57 Å². The zero-order valence-corrected chi connectivity index (χ0v) is 16.3. The lowest BCUT2D eigenvalue weighted by Gasteiger charge is -2.36. The third kappa shape index (κ3) is 4.18. The van der Waals surface area contributed by atoms with E-state index in [2.05, 4.69) is 4.90 Å². The van der Waals surface area contributed by atoms with Crippen molar-refractivity contribution in [2.45, 2.75) is 6.54 Å². The number of methoxy groups -OCH3 is 1. The smallest absolute Gasteiger partial charge is 0.419 e. The molecule has 29 heavy (non-hydrogen) atoms. The number of ether oxygens (including phenoxy) is 1. The van der Waals surface area contributed by atoms with Gasteiger partial charge in [0.25, 0.3) is 0 Å². The minimum Gasteiger partial charge on any atom is -0.497 e. The van der Waals surface area contributed by atoms with Crippen LogP contribution in [0, 0.1) is 0 Å². The predicted octanol–water partition coefficient (Wildman–Crippen LogP) is 2.47. The molecule has 1 aromatic heterocycles. The van der Waals surface area contributed by atoms with Gasteiger partial charge >= 0.3 is 5.76 Å². The Morgan fingerprint density at radius 3 is 2.34 bits per heavy atom. The number of anilines is 1. The molecule has 4 rings (SSSR count). The average Bonchev–Trinajstić information content (AvgIpc) is 3.14. The zero-order chi connectivity index (χ0) is 20.2. The van der Waals surface area contributed by atoms with Gasteiger partial charge in [-0.15, -0.1) is 0 Å². The Bertz CT molecular complexity index is 1020. The van der Waals surface area contributed by atoms with Gasteiger partial charge in [0.1, 0.15) is 12.3 Å². The molecule has 0 bridgehead atoms. The number of piperazine rings is 1. The van der Waals surface area contributed by atoms with Gasteiger partial charge in [0.15, 0.2) is 5.76 Å². The lowest BCUT2D eigenvalue weighted by molar-refractivity contribution is -0.132. The van der Waals surface area contributed by atoms with Crippen molar-refractivity contribution in [2.75, 3.05) is 38.2 Å². The lowest BCUT2D eigenvalue weighted by Crippen LogP contribution is -2.50. The summed E-state index contributed by atoms with van der Waals surface area (Å²) in [7, 11) is 1.65. The molecular formula is C22H23N3O4. The molecule has 0 radical (unpaired) electrons. The normalized spacial score (nSPS) is 14.1. The maximum atomic E-state index is 12.7. The predicted molar refractivity (Wildman–Crippen MR) is 110 cm³/mol. The molecule has 0 atom stereocenters. The van der Waals surface area contributed by atoms with Crippen molar-refractivity contribution in [1.29, 1.82) is 0 Å². The quantitative estimate of drug-likeness (QED) is 0.666. The number of benzene rings is 2. The van der Waals surface area contributed by atoms with Crippen molar-refractivity contribution in [3.8, 4) is 17.1 Å². The molecule has 7 heteroatoms. The first-order chi connectivity index (χ1) is 14.1. The Kier molecular flexibility index (Phi) is 5.37. The molecule has 0 spiro atoms. The summed E-state index contributed by atoms with van der Waals surface area (Å²) >= 11 is 0. The Balaban J connectivity index is 1.36. The Morgan fingerprint density at radius 2 is 1.69 bits per heavy atom. The molecule has 2 heterocycles. The van der Waals surface area contributed by atoms with E-state index < -0.39 is 5.76 Å². The number of carbonyl (C=O) groups excluding carboxylic acids is 1. The second-order valence-electron chi connectivity index (χ2n) is 6.92. The van der Waals surface area contributed by atoms with Crippen LogP contribution >= 0.6 is 0 Å². The summed E-state index contributed by atoms with van der Waals surface area (Å²) in [4.78, 5) is 28.8. The first-order valence-electron chi connectivity index (χ1n) is 9.56. The van der Waals surface area contributed by atoms with E-state index in [0.29, 0.717) is 18.8 Å². The van der Waals surface area contributed by atoms with E-state index in [0.717, 1.165) is 30.1 Å². The molecule has 0 unspecified atom stereocenters. The average molecular weight is 393 g/mol. The first-order valence-corrected chi connectivity index (χ1v) is 9.56. The molecule has 150 valence electrons. The van der Waals surface area contributed by atoms with Gasteiger partial charge in [0.05, 0.1) is 13.3 Å². The standard InChI is InChI=1S/C22H23N3O4/c1-28-19-9-7-18(8-10-19)23-11-13-24(14-12-23)21(26)16-25-15-20(29-22(25)27)17-5-3-2-4-6-17/h2-10,15H,11-14,16H2,1H3. The van der Waals surface area contributed by atoms with Crippen LogP contribution in [0.3, 0.4) is 0 Å². The molecule has 3 aromatic rings. The molecule has 0 saturated carbocycles. The number of carbonyl (C=O) groups is 1. The minimum absolute atomic E-state index is 0.0162. The third-order valence-electron chi connectivity index (χ3n) is 5.14.